The lowest BCUT2D eigenvalue weighted by Crippen LogP contribution is -2.07. The van der Waals surface area contributed by atoms with Gasteiger partial charge in [-0.2, -0.15) is 0 Å². The van der Waals surface area contributed by atoms with E-state index in [1.165, 1.54) is 11.3 Å². The van der Waals surface area contributed by atoms with Crippen LogP contribution >= 0.6 is 22.9 Å². The van der Waals surface area contributed by atoms with E-state index >= 15 is 0 Å². The van der Waals surface area contributed by atoms with E-state index in [2.05, 4.69) is 9.97 Å². The molecular formula is C13H9ClN2OS. The Morgan fingerprint density at radius 1 is 1.28 bits per heavy atom. The van der Waals surface area contributed by atoms with Crippen LogP contribution in [0, 0.1) is 6.92 Å². The van der Waals surface area contributed by atoms with Crippen molar-refractivity contribution in [2.45, 2.75) is 6.92 Å². The lowest BCUT2D eigenvalue weighted by Gasteiger charge is -2.02. The highest BCUT2D eigenvalue weighted by Crippen LogP contribution is 2.34. The molecule has 3 rings (SSSR count). The fraction of sp³-hybridized carbons (Fsp3) is 0.0769. The molecule has 18 heavy (non-hydrogen) atoms. The Morgan fingerprint density at radius 2 is 2.06 bits per heavy atom. The van der Waals surface area contributed by atoms with Gasteiger partial charge in [0.2, 0.25) is 0 Å². The van der Waals surface area contributed by atoms with Crippen molar-refractivity contribution in [3.8, 4) is 11.1 Å². The molecule has 0 fully saturated rings. The van der Waals surface area contributed by atoms with Gasteiger partial charge in [-0.15, -0.1) is 11.3 Å². The fourth-order valence-electron chi connectivity index (χ4n) is 1.91. The van der Waals surface area contributed by atoms with Gasteiger partial charge < -0.3 is 4.98 Å². The van der Waals surface area contributed by atoms with E-state index in [1.54, 1.807) is 6.92 Å². The molecule has 0 aliphatic rings. The normalized spacial score (nSPS) is 11.0. The number of fused-ring (bicyclic) bond motifs is 1. The minimum Gasteiger partial charge on any atom is -0.310 e. The molecule has 0 aliphatic carbocycles. The van der Waals surface area contributed by atoms with Gasteiger partial charge in [-0.3, -0.25) is 4.79 Å². The van der Waals surface area contributed by atoms with Crippen LogP contribution in [0.2, 0.25) is 5.02 Å². The highest BCUT2D eigenvalue weighted by atomic mass is 35.5. The molecule has 2 aromatic heterocycles. The smallest absolute Gasteiger partial charge is 0.268 e. The van der Waals surface area contributed by atoms with Crippen LogP contribution < -0.4 is 5.56 Å². The number of aryl methyl sites for hydroxylation is 1. The predicted octanol–water partition coefficient (Wildman–Crippen LogP) is 3.61. The minimum atomic E-state index is -0.0965. The zero-order valence-electron chi connectivity index (χ0n) is 9.53. The molecule has 0 atom stereocenters. The molecule has 0 spiro atoms. The highest BCUT2D eigenvalue weighted by molar-refractivity contribution is 7.17. The first-order chi connectivity index (χ1) is 8.66. The number of hydrogen-bond donors (Lipinski definition) is 1. The lowest BCUT2D eigenvalue weighted by molar-refractivity contribution is 1.06. The highest BCUT2D eigenvalue weighted by Gasteiger charge is 2.13. The van der Waals surface area contributed by atoms with E-state index in [4.69, 9.17) is 11.6 Å². The molecule has 0 saturated carbocycles. The molecule has 90 valence electrons. The van der Waals surface area contributed by atoms with Crippen LogP contribution in [0.1, 0.15) is 5.82 Å². The summed E-state index contributed by atoms with van der Waals surface area (Å²) in [5.41, 5.74) is 2.44. The second kappa shape index (κ2) is 4.23. The van der Waals surface area contributed by atoms with Gasteiger partial charge >= 0.3 is 0 Å². The van der Waals surface area contributed by atoms with Gasteiger partial charge in [0.1, 0.15) is 10.5 Å². The van der Waals surface area contributed by atoms with Crippen molar-refractivity contribution in [3.63, 3.8) is 0 Å². The Labute approximate surface area is 112 Å². The van der Waals surface area contributed by atoms with Crippen LogP contribution in [0.3, 0.4) is 0 Å². The second-order valence-corrected chi connectivity index (χ2v) is 5.25. The van der Waals surface area contributed by atoms with Crippen LogP contribution in [0.4, 0.5) is 0 Å². The van der Waals surface area contributed by atoms with E-state index in [1.807, 2.05) is 29.6 Å². The number of nitrogens with zero attached hydrogens (tertiary/aromatic N) is 1. The first-order valence-corrected chi connectivity index (χ1v) is 6.65. The van der Waals surface area contributed by atoms with E-state index < -0.39 is 0 Å². The maximum Gasteiger partial charge on any atom is 0.268 e. The third kappa shape index (κ3) is 1.74. The first-order valence-electron chi connectivity index (χ1n) is 5.40. The molecule has 0 bridgehead atoms. The van der Waals surface area contributed by atoms with Crippen LogP contribution in [0.25, 0.3) is 21.3 Å². The summed E-state index contributed by atoms with van der Waals surface area (Å²) >= 11 is 7.57. The minimum absolute atomic E-state index is 0.0965. The lowest BCUT2D eigenvalue weighted by atomic mass is 10.1. The third-order valence-electron chi connectivity index (χ3n) is 2.71. The molecule has 5 heteroatoms. The molecule has 1 aromatic carbocycles. The summed E-state index contributed by atoms with van der Waals surface area (Å²) in [5.74, 6) is 0.610. The van der Waals surface area contributed by atoms with Crippen molar-refractivity contribution in [1.82, 2.24) is 9.97 Å². The van der Waals surface area contributed by atoms with Crippen molar-refractivity contribution in [2.75, 3.05) is 0 Å². The molecule has 0 unspecified atom stereocenters. The Bertz CT molecular complexity index is 791. The Hall–Kier alpha value is -1.65. The number of aromatic nitrogens is 2. The molecule has 2 heterocycles. The number of rotatable bonds is 1. The summed E-state index contributed by atoms with van der Waals surface area (Å²) in [6, 6.07) is 7.57. The predicted molar refractivity (Wildman–Crippen MR) is 75.4 cm³/mol. The zero-order valence-corrected chi connectivity index (χ0v) is 11.1. The van der Waals surface area contributed by atoms with Gasteiger partial charge in [0.05, 0.1) is 5.52 Å². The van der Waals surface area contributed by atoms with E-state index in [0.29, 0.717) is 21.1 Å². The summed E-state index contributed by atoms with van der Waals surface area (Å²) in [7, 11) is 0. The van der Waals surface area contributed by atoms with Crippen LogP contribution in [-0.4, -0.2) is 9.97 Å². The van der Waals surface area contributed by atoms with Gasteiger partial charge in [0.25, 0.3) is 5.56 Å². The average Bonchev–Trinajstić information content (AvgIpc) is 2.73. The summed E-state index contributed by atoms with van der Waals surface area (Å²) in [6.07, 6.45) is 0. The molecule has 0 saturated heterocycles. The quantitative estimate of drug-likeness (QED) is 0.738. The summed E-state index contributed by atoms with van der Waals surface area (Å²) in [5, 5.41) is 2.59. The zero-order chi connectivity index (χ0) is 12.7. The van der Waals surface area contributed by atoms with E-state index in [-0.39, 0.29) is 5.56 Å². The number of thiophene rings is 1. The van der Waals surface area contributed by atoms with Gasteiger partial charge in [-0.25, -0.2) is 4.98 Å². The van der Waals surface area contributed by atoms with Crippen molar-refractivity contribution >= 4 is 33.2 Å². The first kappa shape index (κ1) is 11.4. The number of nitrogens with one attached hydrogen (secondary N) is 1. The van der Waals surface area contributed by atoms with E-state index in [9.17, 15) is 4.79 Å². The fourth-order valence-corrected chi connectivity index (χ4v) is 3.05. The number of aromatic amines is 1. The second-order valence-electron chi connectivity index (χ2n) is 3.96. The maximum absolute atomic E-state index is 11.8. The van der Waals surface area contributed by atoms with Crippen molar-refractivity contribution in [3.05, 3.63) is 50.8 Å². The van der Waals surface area contributed by atoms with Gasteiger partial charge in [0, 0.05) is 21.5 Å². The standard InChI is InChI=1S/C13H9ClN2OS/c1-7-15-11-9(6-18-12(11)13(17)16-7)8-4-2-3-5-10(8)14/h2-6H,1H3,(H,15,16,17). The molecule has 1 N–H and O–H groups in total. The van der Waals surface area contributed by atoms with E-state index in [0.717, 1.165) is 11.1 Å². The molecule has 3 nitrogen and oxygen atoms in total. The SMILES string of the molecule is Cc1nc2c(-c3ccccc3Cl)csc2c(=O)[nH]1. The number of H-pyrrole nitrogens is 1. The van der Waals surface area contributed by atoms with Gasteiger partial charge in [0.15, 0.2) is 0 Å². The van der Waals surface area contributed by atoms with Crippen molar-refractivity contribution in [2.24, 2.45) is 0 Å². The largest absolute Gasteiger partial charge is 0.310 e. The van der Waals surface area contributed by atoms with Crippen LogP contribution in [-0.2, 0) is 0 Å². The summed E-state index contributed by atoms with van der Waals surface area (Å²) in [6.45, 7) is 1.77. The van der Waals surface area contributed by atoms with Gasteiger partial charge in [-0.1, -0.05) is 29.8 Å². The number of hydrogen-bond acceptors (Lipinski definition) is 3. The topological polar surface area (TPSA) is 45.8 Å². The molecule has 3 aromatic rings. The Kier molecular flexibility index (Phi) is 2.69. The van der Waals surface area contributed by atoms with Crippen LogP contribution in [0.15, 0.2) is 34.4 Å². The molecule has 0 amide bonds. The number of halogens is 1. The summed E-state index contributed by atoms with van der Waals surface area (Å²) in [4.78, 5) is 18.9. The average molecular weight is 277 g/mol. The molecule has 0 radical (unpaired) electrons. The number of benzene rings is 1. The monoisotopic (exact) mass is 276 g/mol. The van der Waals surface area contributed by atoms with Crippen LogP contribution in [0.5, 0.6) is 0 Å². The van der Waals surface area contributed by atoms with Gasteiger partial charge in [-0.05, 0) is 13.0 Å². The molecular weight excluding hydrogens is 268 g/mol. The van der Waals surface area contributed by atoms with Crippen molar-refractivity contribution in [1.29, 1.82) is 0 Å². The maximum atomic E-state index is 11.8. The third-order valence-corrected chi connectivity index (χ3v) is 4.01. The Balaban J connectivity index is 2.38. The summed E-state index contributed by atoms with van der Waals surface area (Å²) < 4.78 is 0.635. The van der Waals surface area contributed by atoms with Crippen molar-refractivity contribution < 1.29 is 0 Å². The Morgan fingerprint density at radius 3 is 2.83 bits per heavy atom. The molecule has 0 aliphatic heterocycles.